The van der Waals surface area contributed by atoms with E-state index in [1.54, 1.807) is 60.7 Å². The number of hydrogen-bond acceptors (Lipinski definition) is 6. The Bertz CT molecular complexity index is 1520. The van der Waals surface area contributed by atoms with E-state index in [0.29, 0.717) is 63.0 Å². The first kappa shape index (κ1) is 32.5. The Labute approximate surface area is 280 Å². The number of aliphatic imine (C=N–C) groups is 2. The molecule has 14 heteroatoms. The van der Waals surface area contributed by atoms with E-state index in [9.17, 15) is 0 Å². The minimum Gasteiger partial charge on any atom is -0.255 e. The van der Waals surface area contributed by atoms with E-state index in [1.165, 1.54) is 34.0 Å². The van der Waals surface area contributed by atoms with Gasteiger partial charge in [0.15, 0.2) is 10.3 Å². The molecule has 0 aromatic heterocycles. The molecule has 4 aromatic carbocycles. The van der Waals surface area contributed by atoms with E-state index < -0.39 is 0 Å². The van der Waals surface area contributed by atoms with Crippen molar-refractivity contribution in [3.63, 3.8) is 0 Å². The third-order valence-corrected chi connectivity index (χ3v) is 8.97. The van der Waals surface area contributed by atoms with Crippen LogP contribution in [-0.4, -0.2) is 22.8 Å². The fourth-order valence-corrected chi connectivity index (χ4v) is 5.96. The van der Waals surface area contributed by atoms with Gasteiger partial charge < -0.3 is 0 Å². The van der Waals surface area contributed by atoms with Crippen molar-refractivity contribution in [2.75, 3.05) is 0 Å². The maximum absolute atomic E-state index is 6.36. The maximum Gasteiger partial charge on any atom is 0.193 e. The molecule has 0 saturated heterocycles. The van der Waals surface area contributed by atoms with Crippen LogP contribution in [0.3, 0.4) is 0 Å². The summed E-state index contributed by atoms with van der Waals surface area (Å²) < 4.78 is 0. The number of para-hydroxylation sites is 2. The molecule has 0 unspecified atom stereocenters. The largest absolute Gasteiger partial charge is 0.255 e. The number of benzene rings is 4. The third kappa shape index (κ3) is 9.56. The molecule has 0 amide bonds. The van der Waals surface area contributed by atoms with Gasteiger partial charge in [0.2, 0.25) is 0 Å². The fourth-order valence-electron chi connectivity index (χ4n) is 3.08. The fraction of sp³-hybridized carbons (Fsp3) is 0. The van der Waals surface area contributed by atoms with Crippen molar-refractivity contribution < 1.29 is 0 Å². The number of hydrazone groups is 2. The second kappa shape index (κ2) is 16.4. The van der Waals surface area contributed by atoms with E-state index in [-0.39, 0.29) is 0 Å². The zero-order valence-corrected chi connectivity index (χ0v) is 27.3. The lowest BCUT2D eigenvalue weighted by atomic mass is 10.2. The van der Waals surface area contributed by atoms with Crippen molar-refractivity contribution in [3.8, 4) is 0 Å². The van der Waals surface area contributed by atoms with Gasteiger partial charge in [-0.05, 0) is 70.1 Å². The Balaban J connectivity index is 1.61. The monoisotopic (exact) mass is 712 g/mol. The van der Waals surface area contributed by atoms with Crippen LogP contribution in [0.5, 0.6) is 0 Å². The molecule has 42 heavy (non-hydrogen) atoms. The van der Waals surface area contributed by atoms with Gasteiger partial charge in [0.1, 0.15) is 0 Å². The van der Waals surface area contributed by atoms with Crippen LogP contribution in [0.2, 0.25) is 30.1 Å². The summed E-state index contributed by atoms with van der Waals surface area (Å²) in [6, 6.07) is 24.7. The van der Waals surface area contributed by atoms with Crippen molar-refractivity contribution in [2.24, 2.45) is 20.2 Å². The van der Waals surface area contributed by atoms with Gasteiger partial charge >= 0.3 is 0 Å². The average Bonchev–Trinajstić information content (AvgIpc) is 2.96. The van der Waals surface area contributed by atoms with E-state index in [1.807, 2.05) is 24.3 Å². The third-order valence-electron chi connectivity index (χ3n) is 5.06. The van der Waals surface area contributed by atoms with Crippen LogP contribution in [0.4, 0.5) is 11.4 Å². The number of rotatable bonds is 6. The smallest absolute Gasteiger partial charge is 0.193 e. The van der Waals surface area contributed by atoms with Crippen LogP contribution in [0.25, 0.3) is 0 Å². The Hall–Kier alpha value is -2.40. The molecule has 2 N–H and O–H groups in total. The summed E-state index contributed by atoms with van der Waals surface area (Å²) in [5, 5.41) is 12.1. The second-order valence-electron chi connectivity index (χ2n) is 7.91. The summed E-state index contributed by atoms with van der Waals surface area (Å²) in [7, 11) is 2.42. The van der Waals surface area contributed by atoms with Gasteiger partial charge in [-0.1, -0.05) is 106 Å². The van der Waals surface area contributed by atoms with Crippen LogP contribution in [0.15, 0.2) is 105 Å². The molecule has 0 aliphatic carbocycles. The van der Waals surface area contributed by atoms with Gasteiger partial charge in [0.25, 0.3) is 0 Å². The van der Waals surface area contributed by atoms with E-state index in [4.69, 9.17) is 69.6 Å². The van der Waals surface area contributed by atoms with Crippen molar-refractivity contribution in [2.45, 2.75) is 0 Å². The van der Waals surface area contributed by atoms with Crippen molar-refractivity contribution in [1.29, 1.82) is 0 Å². The number of halogens is 6. The number of nitrogens with one attached hydrogen (secondary N) is 2. The molecular formula is C28H18Cl6N6S2. The Morgan fingerprint density at radius 1 is 0.476 bits per heavy atom. The minimum atomic E-state index is 0.374. The number of hydrogen-bond donors (Lipinski definition) is 2. The molecule has 0 radical (unpaired) electrons. The van der Waals surface area contributed by atoms with Gasteiger partial charge in [0, 0.05) is 11.1 Å². The molecule has 4 aromatic rings. The molecule has 0 heterocycles. The maximum atomic E-state index is 6.36. The Kier molecular flexibility index (Phi) is 12.7. The van der Waals surface area contributed by atoms with Crippen LogP contribution in [0, 0.1) is 0 Å². The summed E-state index contributed by atoms with van der Waals surface area (Å²) in [6.45, 7) is 0. The molecule has 0 aliphatic heterocycles. The van der Waals surface area contributed by atoms with Crippen molar-refractivity contribution >= 4 is 125 Å². The van der Waals surface area contributed by atoms with Gasteiger partial charge in [-0.15, -0.1) is 0 Å². The molecule has 0 atom stereocenters. The molecule has 0 aliphatic rings. The molecule has 0 spiro atoms. The first-order valence-corrected chi connectivity index (χ1v) is 16.2. The van der Waals surface area contributed by atoms with Crippen LogP contribution in [-0.2, 0) is 0 Å². The minimum absolute atomic E-state index is 0.374. The highest BCUT2D eigenvalue weighted by molar-refractivity contribution is 8.87. The van der Waals surface area contributed by atoms with E-state index in [2.05, 4.69) is 31.0 Å². The normalized spacial score (nSPS) is 12.3. The molecule has 6 nitrogen and oxygen atoms in total. The first-order chi connectivity index (χ1) is 20.3. The molecule has 0 fully saturated rings. The van der Waals surface area contributed by atoms with Gasteiger partial charge in [-0.25, -0.2) is 9.98 Å². The summed E-state index contributed by atoms with van der Waals surface area (Å²) >= 11 is 37.8. The highest BCUT2D eigenvalue weighted by Gasteiger charge is 2.10. The number of nitrogens with zero attached hydrogens (tertiary/aromatic N) is 4. The Morgan fingerprint density at radius 3 is 1.17 bits per heavy atom. The average molecular weight is 715 g/mol. The van der Waals surface area contributed by atoms with E-state index >= 15 is 0 Å². The lowest BCUT2D eigenvalue weighted by molar-refractivity contribution is 1.05. The van der Waals surface area contributed by atoms with Gasteiger partial charge in [0.05, 0.1) is 53.9 Å². The predicted molar refractivity (Wildman–Crippen MR) is 187 cm³/mol. The molecule has 0 saturated carbocycles. The van der Waals surface area contributed by atoms with Gasteiger partial charge in [-0.3, -0.25) is 10.9 Å². The highest BCUT2D eigenvalue weighted by atomic mass is 35.5. The molecule has 0 bridgehead atoms. The van der Waals surface area contributed by atoms with E-state index in [0.717, 1.165) is 0 Å². The predicted octanol–water partition coefficient (Wildman–Crippen LogP) is 10.9. The summed E-state index contributed by atoms with van der Waals surface area (Å²) in [5.74, 6) is 0. The summed E-state index contributed by atoms with van der Waals surface area (Å²) in [6.07, 6.45) is 3.01. The highest BCUT2D eigenvalue weighted by Crippen LogP contribution is 2.32. The van der Waals surface area contributed by atoms with Gasteiger partial charge in [-0.2, -0.15) is 10.2 Å². The second-order valence-corrected chi connectivity index (χ2v) is 12.5. The standard InChI is InChI=1S/C28H18Cl6N6S2/c29-19-9-5-10-20(30)17(19)15-35-39-27(37-25-13-3-1-7-23(25)33)41-42-28(38-26-14-4-2-8-24(26)34)40-36-16-18-21(31)11-6-12-22(18)32/h1-16H,(H,37,39)(H,38,40)/b35-15-,36-16+. The molecular weight excluding hydrogens is 697 g/mol. The zero-order chi connectivity index (χ0) is 29.9. The Morgan fingerprint density at radius 2 is 0.810 bits per heavy atom. The zero-order valence-electron chi connectivity index (χ0n) is 21.1. The summed E-state index contributed by atoms with van der Waals surface area (Å²) in [4.78, 5) is 9.27. The van der Waals surface area contributed by atoms with Crippen molar-refractivity contribution in [1.82, 2.24) is 10.9 Å². The first-order valence-electron chi connectivity index (χ1n) is 11.8. The lowest BCUT2D eigenvalue weighted by Gasteiger charge is -2.09. The van der Waals surface area contributed by atoms with Crippen LogP contribution >= 0.6 is 91.2 Å². The lowest BCUT2D eigenvalue weighted by Crippen LogP contribution is -2.17. The quantitative estimate of drug-likeness (QED) is 0.0902. The SMILES string of the molecule is Clc1ccccc1N=C(N/N=C\c1c(Cl)cccc1Cl)SSC(=Nc1ccccc1Cl)N/N=C/c1c(Cl)cccc1Cl. The van der Waals surface area contributed by atoms with Crippen molar-refractivity contribution in [3.05, 3.63) is 126 Å². The molecule has 214 valence electrons. The van der Waals surface area contributed by atoms with Crippen LogP contribution < -0.4 is 10.9 Å². The van der Waals surface area contributed by atoms with Crippen LogP contribution in [0.1, 0.15) is 11.1 Å². The number of amidine groups is 2. The topological polar surface area (TPSA) is 73.5 Å². The molecule has 4 rings (SSSR count). The summed E-state index contributed by atoms with van der Waals surface area (Å²) in [5.41, 5.74) is 8.03.